The molecule has 5 nitrogen and oxygen atoms in total. The van der Waals surface area contributed by atoms with E-state index in [0.717, 1.165) is 19.4 Å². The SMILES string of the molecule is NCC1CCCN1CCN1C(=O)c2ccccc2C1=O. The van der Waals surface area contributed by atoms with Crippen LogP contribution in [0.3, 0.4) is 0 Å². The summed E-state index contributed by atoms with van der Waals surface area (Å²) in [5, 5.41) is 0. The summed E-state index contributed by atoms with van der Waals surface area (Å²) >= 11 is 0. The molecule has 106 valence electrons. The lowest BCUT2D eigenvalue weighted by Gasteiger charge is -2.25. The second kappa shape index (κ2) is 5.34. The first kappa shape index (κ1) is 13.3. The van der Waals surface area contributed by atoms with Gasteiger partial charge in [0.05, 0.1) is 11.1 Å². The van der Waals surface area contributed by atoms with Gasteiger partial charge in [-0.2, -0.15) is 0 Å². The van der Waals surface area contributed by atoms with Crippen LogP contribution in [0.4, 0.5) is 0 Å². The number of nitrogens with two attached hydrogens (primary N) is 1. The van der Waals surface area contributed by atoms with Crippen molar-refractivity contribution in [1.29, 1.82) is 0 Å². The highest BCUT2D eigenvalue weighted by Gasteiger charge is 2.35. The molecule has 20 heavy (non-hydrogen) atoms. The second-order valence-electron chi connectivity index (χ2n) is 5.38. The first-order chi connectivity index (χ1) is 9.72. The van der Waals surface area contributed by atoms with Crippen molar-refractivity contribution in [2.75, 3.05) is 26.2 Å². The van der Waals surface area contributed by atoms with Gasteiger partial charge in [-0.25, -0.2) is 0 Å². The van der Waals surface area contributed by atoms with Gasteiger partial charge in [0.2, 0.25) is 0 Å². The zero-order chi connectivity index (χ0) is 14.1. The highest BCUT2D eigenvalue weighted by atomic mass is 16.2. The predicted octanol–water partition coefficient (Wildman–Crippen LogP) is 0.706. The molecule has 1 unspecified atom stereocenters. The molecule has 2 heterocycles. The third kappa shape index (κ3) is 2.13. The van der Waals surface area contributed by atoms with E-state index in [1.54, 1.807) is 24.3 Å². The Morgan fingerprint density at radius 1 is 1.10 bits per heavy atom. The number of carbonyl (C=O) groups is 2. The van der Waals surface area contributed by atoms with Gasteiger partial charge in [-0.15, -0.1) is 0 Å². The van der Waals surface area contributed by atoms with E-state index in [1.165, 1.54) is 4.90 Å². The fraction of sp³-hybridized carbons (Fsp3) is 0.467. The summed E-state index contributed by atoms with van der Waals surface area (Å²) in [6.07, 6.45) is 2.25. The molecule has 0 aliphatic carbocycles. The normalized spacial score (nSPS) is 22.6. The fourth-order valence-corrected chi connectivity index (χ4v) is 3.13. The fourth-order valence-electron chi connectivity index (χ4n) is 3.13. The Balaban J connectivity index is 1.68. The molecule has 1 aromatic rings. The van der Waals surface area contributed by atoms with E-state index in [1.807, 2.05) is 0 Å². The maximum Gasteiger partial charge on any atom is 0.261 e. The van der Waals surface area contributed by atoms with Crippen LogP contribution < -0.4 is 5.73 Å². The van der Waals surface area contributed by atoms with Crippen LogP contribution in [0.15, 0.2) is 24.3 Å². The van der Waals surface area contributed by atoms with Crippen molar-refractivity contribution in [2.45, 2.75) is 18.9 Å². The van der Waals surface area contributed by atoms with Gasteiger partial charge < -0.3 is 5.73 Å². The number of hydrogen-bond acceptors (Lipinski definition) is 4. The molecule has 1 aromatic carbocycles. The molecule has 0 bridgehead atoms. The molecule has 0 saturated carbocycles. The zero-order valence-corrected chi connectivity index (χ0v) is 11.4. The van der Waals surface area contributed by atoms with Gasteiger partial charge >= 0.3 is 0 Å². The van der Waals surface area contributed by atoms with Gasteiger partial charge in [-0.1, -0.05) is 12.1 Å². The Morgan fingerprint density at radius 2 is 1.75 bits per heavy atom. The first-order valence-electron chi connectivity index (χ1n) is 7.11. The maximum absolute atomic E-state index is 12.2. The summed E-state index contributed by atoms with van der Waals surface area (Å²) < 4.78 is 0. The number of fused-ring (bicyclic) bond motifs is 1. The average molecular weight is 273 g/mol. The molecule has 5 heteroatoms. The highest BCUT2D eigenvalue weighted by molar-refractivity contribution is 6.21. The van der Waals surface area contributed by atoms with Crippen molar-refractivity contribution in [3.8, 4) is 0 Å². The summed E-state index contributed by atoms with van der Waals surface area (Å²) in [7, 11) is 0. The van der Waals surface area contributed by atoms with Crippen LogP contribution >= 0.6 is 0 Å². The second-order valence-corrected chi connectivity index (χ2v) is 5.38. The number of rotatable bonds is 4. The topological polar surface area (TPSA) is 66.6 Å². The lowest BCUT2D eigenvalue weighted by atomic mass is 10.1. The highest BCUT2D eigenvalue weighted by Crippen LogP contribution is 2.23. The molecule has 2 amide bonds. The Labute approximate surface area is 118 Å². The molecule has 0 radical (unpaired) electrons. The Morgan fingerprint density at radius 3 is 2.35 bits per heavy atom. The first-order valence-corrected chi connectivity index (χ1v) is 7.11. The van der Waals surface area contributed by atoms with E-state index >= 15 is 0 Å². The number of imide groups is 1. The number of nitrogens with zero attached hydrogens (tertiary/aromatic N) is 2. The Kier molecular flexibility index (Phi) is 3.54. The third-order valence-electron chi connectivity index (χ3n) is 4.26. The van der Waals surface area contributed by atoms with Gasteiger partial charge in [0, 0.05) is 25.7 Å². The largest absolute Gasteiger partial charge is 0.329 e. The number of benzene rings is 1. The van der Waals surface area contributed by atoms with Crippen LogP contribution in [0.2, 0.25) is 0 Å². The van der Waals surface area contributed by atoms with Crippen molar-refractivity contribution in [3.63, 3.8) is 0 Å². The number of hydrogen-bond donors (Lipinski definition) is 1. The Hall–Kier alpha value is -1.72. The van der Waals surface area contributed by atoms with Crippen LogP contribution in [0.1, 0.15) is 33.6 Å². The smallest absolute Gasteiger partial charge is 0.261 e. The number of likely N-dealkylation sites (tertiary alicyclic amines) is 1. The van der Waals surface area contributed by atoms with Crippen molar-refractivity contribution in [3.05, 3.63) is 35.4 Å². The van der Waals surface area contributed by atoms with Crippen molar-refractivity contribution >= 4 is 11.8 Å². The maximum atomic E-state index is 12.2. The average Bonchev–Trinajstić information content (AvgIpc) is 3.02. The van der Waals surface area contributed by atoms with Crippen LogP contribution in [0, 0.1) is 0 Å². The molecule has 0 aromatic heterocycles. The minimum absolute atomic E-state index is 0.172. The molecule has 1 fully saturated rings. The summed E-state index contributed by atoms with van der Waals surface area (Å²) in [6.45, 7) is 2.81. The lowest BCUT2D eigenvalue weighted by Crippen LogP contribution is -2.42. The van der Waals surface area contributed by atoms with Gasteiger partial charge in [-0.05, 0) is 31.5 Å². The quantitative estimate of drug-likeness (QED) is 0.820. The minimum Gasteiger partial charge on any atom is -0.329 e. The van der Waals surface area contributed by atoms with E-state index in [2.05, 4.69) is 4.90 Å². The van der Waals surface area contributed by atoms with Gasteiger partial charge in [0.25, 0.3) is 11.8 Å². The predicted molar refractivity (Wildman–Crippen MR) is 75.5 cm³/mol. The molecule has 3 rings (SSSR count). The minimum atomic E-state index is -0.172. The number of amides is 2. The Bertz CT molecular complexity index is 509. The van der Waals surface area contributed by atoms with Crippen molar-refractivity contribution < 1.29 is 9.59 Å². The summed E-state index contributed by atoms with van der Waals surface area (Å²) in [5.41, 5.74) is 6.79. The van der Waals surface area contributed by atoms with E-state index in [0.29, 0.717) is 36.8 Å². The van der Waals surface area contributed by atoms with Gasteiger partial charge in [0.15, 0.2) is 0 Å². The van der Waals surface area contributed by atoms with Gasteiger partial charge in [0.1, 0.15) is 0 Å². The molecular formula is C15H19N3O2. The van der Waals surface area contributed by atoms with Gasteiger partial charge in [-0.3, -0.25) is 19.4 Å². The molecule has 0 spiro atoms. The molecular weight excluding hydrogens is 254 g/mol. The standard InChI is InChI=1S/C15H19N3O2/c16-10-11-4-3-7-17(11)8-9-18-14(19)12-5-1-2-6-13(12)15(18)20/h1-2,5-6,11H,3-4,7-10,16H2. The molecule has 1 atom stereocenters. The van der Waals surface area contributed by atoms with E-state index in [4.69, 9.17) is 5.73 Å². The van der Waals surface area contributed by atoms with Crippen LogP contribution in [0.25, 0.3) is 0 Å². The summed E-state index contributed by atoms with van der Waals surface area (Å²) in [5.74, 6) is -0.344. The molecule has 1 saturated heterocycles. The molecule has 2 N–H and O–H groups in total. The zero-order valence-electron chi connectivity index (χ0n) is 11.4. The summed E-state index contributed by atoms with van der Waals surface area (Å²) in [6, 6.07) is 7.41. The van der Waals surface area contributed by atoms with Crippen molar-refractivity contribution in [1.82, 2.24) is 9.80 Å². The van der Waals surface area contributed by atoms with E-state index in [9.17, 15) is 9.59 Å². The van der Waals surface area contributed by atoms with Crippen LogP contribution in [-0.4, -0.2) is 53.8 Å². The summed E-state index contributed by atoms with van der Waals surface area (Å²) in [4.78, 5) is 28.1. The van der Waals surface area contributed by atoms with E-state index < -0.39 is 0 Å². The number of carbonyl (C=O) groups excluding carboxylic acids is 2. The molecule has 2 aliphatic heterocycles. The third-order valence-corrected chi connectivity index (χ3v) is 4.26. The molecule has 2 aliphatic rings. The lowest BCUT2D eigenvalue weighted by molar-refractivity contribution is 0.0634. The van der Waals surface area contributed by atoms with Crippen LogP contribution in [-0.2, 0) is 0 Å². The van der Waals surface area contributed by atoms with Crippen LogP contribution in [0.5, 0.6) is 0 Å². The monoisotopic (exact) mass is 273 g/mol. The van der Waals surface area contributed by atoms with E-state index in [-0.39, 0.29) is 11.8 Å². The van der Waals surface area contributed by atoms with Crippen molar-refractivity contribution in [2.24, 2.45) is 5.73 Å².